The molecule has 8 heteroatoms. The number of rotatable bonds is 2. The fourth-order valence-electron chi connectivity index (χ4n) is 2.29. The molecule has 0 aromatic heterocycles. The molecule has 1 heterocycles. The van der Waals surface area contributed by atoms with Gasteiger partial charge in [0.15, 0.2) is 0 Å². The molecule has 0 spiro atoms. The summed E-state index contributed by atoms with van der Waals surface area (Å²) in [5, 5.41) is 8.78. The Morgan fingerprint density at radius 2 is 1.76 bits per heavy atom. The van der Waals surface area contributed by atoms with Gasteiger partial charge in [-0.3, -0.25) is 0 Å². The third-order valence-electron chi connectivity index (χ3n) is 3.45. The van der Waals surface area contributed by atoms with Crippen LogP contribution in [0.15, 0.2) is 29.2 Å². The van der Waals surface area contributed by atoms with Gasteiger partial charge in [0.1, 0.15) is 0 Å². The second-order valence-electron chi connectivity index (χ2n) is 4.80. The molecule has 114 valence electrons. The van der Waals surface area contributed by atoms with E-state index in [4.69, 9.17) is 5.26 Å². The normalized spacial score (nSPS) is 18.4. The molecular weight excluding hydrogens is 305 g/mol. The van der Waals surface area contributed by atoms with Gasteiger partial charge in [0.25, 0.3) is 0 Å². The van der Waals surface area contributed by atoms with Gasteiger partial charge in [0.05, 0.1) is 16.5 Å². The largest absolute Gasteiger partial charge is 0.417 e. The zero-order valence-electron chi connectivity index (χ0n) is 11.0. The standard InChI is InChI=1S/C13H13F3N2O2S/c14-13(15,16)11-3-1-2-4-12(11)21(19,20)18-7-5-10(9-17)6-8-18/h1-4,10H,5-8H2. The monoisotopic (exact) mass is 318 g/mol. The maximum atomic E-state index is 12.9. The van der Waals surface area contributed by atoms with Gasteiger partial charge >= 0.3 is 6.18 Å². The van der Waals surface area contributed by atoms with E-state index in [9.17, 15) is 21.6 Å². The predicted octanol–water partition coefficient (Wildman–Crippen LogP) is 2.63. The number of halogens is 3. The first kappa shape index (κ1) is 15.8. The molecular formula is C13H13F3N2O2S. The quantitative estimate of drug-likeness (QED) is 0.842. The van der Waals surface area contributed by atoms with E-state index >= 15 is 0 Å². The lowest BCUT2D eigenvalue weighted by atomic mass is 10.0. The molecule has 2 rings (SSSR count). The van der Waals surface area contributed by atoms with Gasteiger partial charge in [0.2, 0.25) is 10.0 Å². The van der Waals surface area contributed by atoms with Gasteiger partial charge in [-0.2, -0.15) is 22.7 Å². The Labute approximate surface area is 120 Å². The van der Waals surface area contributed by atoms with Crippen LogP contribution in [0, 0.1) is 17.2 Å². The summed E-state index contributed by atoms with van der Waals surface area (Å²) in [6.07, 6.45) is -4.05. The Morgan fingerprint density at radius 1 is 1.19 bits per heavy atom. The summed E-state index contributed by atoms with van der Waals surface area (Å²) in [5.41, 5.74) is -1.16. The molecule has 0 amide bonds. The van der Waals surface area contributed by atoms with Crippen molar-refractivity contribution in [3.05, 3.63) is 29.8 Å². The third-order valence-corrected chi connectivity index (χ3v) is 5.40. The maximum absolute atomic E-state index is 12.9. The van der Waals surface area contributed by atoms with E-state index in [0.717, 1.165) is 22.5 Å². The highest BCUT2D eigenvalue weighted by Crippen LogP contribution is 2.35. The van der Waals surface area contributed by atoms with E-state index in [1.54, 1.807) is 0 Å². The number of nitriles is 1. The Hall–Kier alpha value is -1.59. The van der Waals surface area contributed by atoms with Gasteiger partial charge in [-0.05, 0) is 25.0 Å². The summed E-state index contributed by atoms with van der Waals surface area (Å²) in [6, 6.07) is 6.20. The Balaban J connectivity index is 2.36. The smallest absolute Gasteiger partial charge is 0.207 e. The first-order valence-electron chi connectivity index (χ1n) is 6.33. The van der Waals surface area contributed by atoms with Crippen molar-refractivity contribution in [2.24, 2.45) is 5.92 Å². The van der Waals surface area contributed by atoms with Crippen LogP contribution in [-0.4, -0.2) is 25.8 Å². The summed E-state index contributed by atoms with van der Waals surface area (Å²) in [7, 11) is -4.20. The minimum absolute atomic E-state index is 0.0623. The molecule has 1 aliphatic rings. The zero-order chi connectivity index (χ0) is 15.7. The lowest BCUT2D eigenvalue weighted by Gasteiger charge is -2.29. The number of sulfonamides is 1. The highest BCUT2D eigenvalue weighted by Gasteiger charge is 2.39. The molecule has 1 fully saturated rings. The van der Waals surface area contributed by atoms with Crippen LogP contribution >= 0.6 is 0 Å². The molecule has 1 aromatic rings. The number of hydrogen-bond donors (Lipinski definition) is 0. The first-order chi connectivity index (χ1) is 9.76. The highest BCUT2D eigenvalue weighted by atomic mass is 32.2. The number of piperidine rings is 1. The minimum Gasteiger partial charge on any atom is -0.207 e. The Bertz CT molecular complexity index is 657. The van der Waals surface area contributed by atoms with Crippen molar-refractivity contribution in [1.82, 2.24) is 4.31 Å². The number of hydrogen-bond acceptors (Lipinski definition) is 3. The molecule has 0 N–H and O–H groups in total. The molecule has 0 atom stereocenters. The van der Waals surface area contributed by atoms with Gasteiger partial charge in [-0.1, -0.05) is 12.1 Å². The van der Waals surface area contributed by atoms with Gasteiger partial charge < -0.3 is 0 Å². The summed E-state index contributed by atoms with van der Waals surface area (Å²) in [6.45, 7) is 0.125. The van der Waals surface area contributed by atoms with Crippen molar-refractivity contribution >= 4 is 10.0 Å². The second-order valence-corrected chi connectivity index (χ2v) is 6.71. The molecule has 1 saturated heterocycles. The first-order valence-corrected chi connectivity index (χ1v) is 7.77. The SMILES string of the molecule is N#CC1CCN(S(=O)(=O)c2ccccc2C(F)(F)F)CC1. The van der Waals surface area contributed by atoms with E-state index in [1.165, 1.54) is 6.07 Å². The van der Waals surface area contributed by atoms with E-state index in [0.29, 0.717) is 12.8 Å². The van der Waals surface area contributed by atoms with Gasteiger partial charge in [0, 0.05) is 19.0 Å². The van der Waals surface area contributed by atoms with E-state index in [-0.39, 0.29) is 19.0 Å². The number of benzene rings is 1. The molecule has 0 radical (unpaired) electrons. The lowest BCUT2D eigenvalue weighted by Crippen LogP contribution is -2.38. The molecule has 1 aromatic carbocycles. The van der Waals surface area contributed by atoms with Crippen LogP contribution in [0.4, 0.5) is 13.2 Å². The second kappa shape index (κ2) is 5.66. The Kier molecular flexibility index (Phi) is 4.25. The van der Waals surface area contributed by atoms with E-state index in [1.807, 2.05) is 6.07 Å². The average Bonchev–Trinajstić information content (AvgIpc) is 2.46. The fourth-order valence-corrected chi connectivity index (χ4v) is 3.97. The topological polar surface area (TPSA) is 61.2 Å². The van der Waals surface area contributed by atoms with Crippen LogP contribution < -0.4 is 0 Å². The molecule has 21 heavy (non-hydrogen) atoms. The van der Waals surface area contributed by atoms with Crippen LogP contribution in [-0.2, 0) is 16.2 Å². The molecule has 0 saturated carbocycles. The minimum atomic E-state index is -4.73. The van der Waals surface area contributed by atoms with Crippen LogP contribution in [0.1, 0.15) is 18.4 Å². The zero-order valence-corrected chi connectivity index (χ0v) is 11.8. The van der Waals surface area contributed by atoms with Crippen LogP contribution in [0.5, 0.6) is 0 Å². The van der Waals surface area contributed by atoms with Crippen molar-refractivity contribution in [2.75, 3.05) is 13.1 Å². The fraction of sp³-hybridized carbons (Fsp3) is 0.462. The molecule has 0 aliphatic carbocycles. The molecule has 0 unspecified atom stereocenters. The lowest BCUT2D eigenvalue weighted by molar-refractivity contribution is -0.139. The number of nitrogens with zero attached hydrogens (tertiary/aromatic N) is 2. The van der Waals surface area contributed by atoms with E-state index in [2.05, 4.69) is 0 Å². The van der Waals surface area contributed by atoms with Crippen molar-refractivity contribution in [3.8, 4) is 6.07 Å². The van der Waals surface area contributed by atoms with Crippen LogP contribution in [0.2, 0.25) is 0 Å². The van der Waals surface area contributed by atoms with Gasteiger partial charge in [-0.25, -0.2) is 8.42 Å². The summed E-state index contributed by atoms with van der Waals surface area (Å²) in [5.74, 6) is -0.241. The summed E-state index contributed by atoms with van der Waals surface area (Å²) in [4.78, 5) is -0.729. The predicted molar refractivity (Wildman–Crippen MR) is 68.5 cm³/mol. The molecule has 0 bridgehead atoms. The van der Waals surface area contributed by atoms with Crippen LogP contribution in [0.25, 0.3) is 0 Å². The van der Waals surface area contributed by atoms with Crippen molar-refractivity contribution in [3.63, 3.8) is 0 Å². The summed E-state index contributed by atoms with van der Waals surface area (Å²) < 4.78 is 64.6. The summed E-state index contributed by atoms with van der Waals surface area (Å²) >= 11 is 0. The van der Waals surface area contributed by atoms with Crippen molar-refractivity contribution in [1.29, 1.82) is 5.26 Å². The highest BCUT2D eigenvalue weighted by molar-refractivity contribution is 7.89. The van der Waals surface area contributed by atoms with Crippen LogP contribution in [0.3, 0.4) is 0 Å². The van der Waals surface area contributed by atoms with Gasteiger partial charge in [-0.15, -0.1) is 0 Å². The molecule has 1 aliphatic heterocycles. The third kappa shape index (κ3) is 3.19. The average molecular weight is 318 g/mol. The van der Waals surface area contributed by atoms with Crippen molar-refractivity contribution in [2.45, 2.75) is 23.9 Å². The van der Waals surface area contributed by atoms with Crippen molar-refractivity contribution < 1.29 is 21.6 Å². The Morgan fingerprint density at radius 3 is 2.29 bits per heavy atom. The van der Waals surface area contributed by atoms with E-state index < -0.39 is 26.7 Å². The maximum Gasteiger partial charge on any atom is 0.417 e. The number of alkyl halides is 3. The molecule has 4 nitrogen and oxygen atoms in total.